The van der Waals surface area contributed by atoms with E-state index in [-0.39, 0.29) is 31.6 Å². The van der Waals surface area contributed by atoms with Crippen molar-refractivity contribution in [3.05, 3.63) is 46.5 Å². The van der Waals surface area contributed by atoms with Crippen molar-refractivity contribution in [2.45, 2.75) is 116 Å². The van der Waals surface area contributed by atoms with Crippen LogP contribution in [0.3, 0.4) is 0 Å². The Morgan fingerprint density at radius 1 is 0.887 bits per heavy atom. The molecule has 0 fully saturated rings. The van der Waals surface area contributed by atoms with Gasteiger partial charge in [0, 0.05) is 28.4 Å². The van der Waals surface area contributed by atoms with Crippen LogP contribution in [0.1, 0.15) is 79.7 Å². The van der Waals surface area contributed by atoms with E-state index in [0.29, 0.717) is 0 Å². The molecule has 0 aliphatic carbocycles. The van der Waals surface area contributed by atoms with Crippen LogP contribution >= 0.6 is 0 Å². The highest BCUT2D eigenvalue weighted by Crippen LogP contribution is 2.19. The Kier molecular flexibility index (Phi) is 16.4. The van der Waals surface area contributed by atoms with Crippen LogP contribution in [0.25, 0.3) is 21.3 Å². The van der Waals surface area contributed by atoms with Crippen LogP contribution in [-0.4, -0.2) is 82.2 Å². The number of amides is 6. The topological polar surface area (TPSA) is 293 Å². The molecule has 1 aromatic heterocycles. The maximum absolute atomic E-state index is 13.8. The third kappa shape index (κ3) is 14.6. The van der Waals surface area contributed by atoms with Gasteiger partial charge < -0.3 is 42.5 Å². The number of nitrogens with two attached hydrogens (primary N) is 2. The number of fused-ring (bicyclic) bond motifs is 1. The van der Waals surface area contributed by atoms with Crippen LogP contribution in [-0.2, 0) is 44.7 Å². The van der Waals surface area contributed by atoms with E-state index in [0.717, 1.165) is 16.5 Å². The molecule has 0 aliphatic heterocycles. The second kappa shape index (κ2) is 19.9. The van der Waals surface area contributed by atoms with Crippen LogP contribution < -0.4 is 32.7 Å². The minimum Gasteiger partial charge on any atom is -0.460 e. The molecular formula is C35H52N10O8. The third-order valence-corrected chi connectivity index (χ3v) is 7.90. The molecule has 18 heteroatoms. The number of rotatable bonds is 19. The van der Waals surface area contributed by atoms with Crippen molar-refractivity contribution in [2.75, 3.05) is 0 Å². The van der Waals surface area contributed by atoms with Crippen molar-refractivity contribution in [1.82, 2.24) is 26.3 Å². The van der Waals surface area contributed by atoms with Crippen LogP contribution in [0.15, 0.2) is 35.6 Å². The molecule has 2 rings (SSSR count). The van der Waals surface area contributed by atoms with Gasteiger partial charge >= 0.3 is 5.97 Å². The largest absolute Gasteiger partial charge is 0.460 e. The number of carbonyl (C=O) groups is 7. The van der Waals surface area contributed by atoms with Crippen LogP contribution in [0, 0.1) is 11.8 Å². The maximum atomic E-state index is 13.8. The van der Waals surface area contributed by atoms with Gasteiger partial charge in [-0.1, -0.05) is 45.9 Å². The molecule has 0 saturated heterocycles. The first-order chi connectivity index (χ1) is 24.7. The van der Waals surface area contributed by atoms with E-state index < -0.39 is 89.6 Å². The van der Waals surface area contributed by atoms with E-state index in [1.807, 2.05) is 24.3 Å². The first-order valence-corrected chi connectivity index (χ1v) is 17.3. The van der Waals surface area contributed by atoms with Gasteiger partial charge in [-0.3, -0.25) is 33.6 Å². The molecule has 0 bridgehead atoms. The standard InChI is InChI=1S/C35H52N10O8/c1-18(2)14-25(33(51)44-45-38)42-34(52)29(19(3)4)43-31(49)24(12-13-27(37)46)40-32(50)26(16-28(47)53-35(5,6)7)41-30(48)22(36)15-20-17-39-23-11-9-8-10-21(20)23/h8-11,17-19,22,24-26,29,39H,12-16,36H2,1-7H3,(H2,37,46)(H,40,50)(H,41,48)(H,42,52)(H,43,49)/t22-,24+,25+,26-,29-/m1/s1. The maximum Gasteiger partial charge on any atom is 0.308 e. The van der Waals surface area contributed by atoms with Gasteiger partial charge in [-0.05, 0) is 74.1 Å². The first-order valence-electron chi connectivity index (χ1n) is 17.3. The molecule has 0 aliphatic rings. The molecule has 0 unspecified atom stereocenters. The zero-order valence-corrected chi connectivity index (χ0v) is 31.2. The summed E-state index contributed by atoms with van der Waals surface area (Å²) in [5.41, 5.74) is 21.0. The fraction of sp³-hybridized carbons (Fsp3) is 0.571. The lowest BCUT2D eigenvalue weighted by molar-refractivity contribution is -0.156. The number of nitrogens with zero attached hydrogens (tertiary/aromatic N) is 3. The SMILES string of the molecule is CC(C)C[C@H](NC(=O)[C@H](NC(=O)[C@H](CCC(N)=O)NC(=O)[C@@H](CC(=O)OC(C)(C)C)NC(=O)[C@H](N)Cc1c[nH]c2ccccc12)C(C)C)C(=O)N=[N+]=[N-]. The molecule has 1 heterocycles. The van der Waals surface area contributed by atoms with Gasteiger partial charge in [0.25, 0.3) is 0 Å². The zero-order chi connectivity index (χ0) is 40.0. The van der Waals surface area contributed by atoms with E-state index in [9.17, 15) is 33.6 Å². The van der Waals surface area contributed by atoms with E-state index in [4.69, 9.17) is 21.7 Å². The van der Waals surface area contributed by atoms with E-state index >= 15 is 0 Å². The first kappa shape index (κ1) is 43.7. The molecule has 6 amide bonds. The highest BCUT2D eigenvalue weighted by Gasteiger charge is 2.34. The monoisotopic (exact) mass is 740 g/mol. The fourth-order valence-corrected chi connectivity index (χ4v) is 5.35. The number of nitrogens with one attached hydrogen (secondary N) is 5. The molecule has 0 saturated carbocycles. The molecule has 2 aromatic rings. The highest BCUT2D eigenvalue weighted by molar-refractivity contribution is 5.97. The summed E-state index contributed by atoms with van der Waals surface area (Å²) in [5.74, 6) is -6.54. The number of aromatic amines is 1. The number of benzene rings is 1. The quantitative estimate of drug-likeness (QED) is 0.0475. The fourth-order valence-electron chi connectivity index (χ4n) is 5.35. The predicted molar refractivity (Wildman–Crippen MR) is 195 cm³/mol. The Morgan fingerprint density at radius 3 is 2.08 bits per heavy atom. The lowest BCUT2D eigenvalue weighted by atomic mass is 9.99. The number of carbonyl (C=O) groups excluding carboxylic acids is 7. The molecule has 0 radical (unpaired) electrons. The van der Waals surface area contributed by atoms with Crippen LogP contribution in [0.4, 0.5) is 0 Å². The zero-order valence-electron chi connectivity index (χ0n) is 31.2. The Hall–Kier alpha value is -5.48. The Balaban J connectivity index is 2.33. The van der Waals surface area contributed by atoms with Crippen molar-refractivity contribution >= 4 is 52.3 Å². The number of aromatic nitrogens is 1. The third-order valence-electron chi connectivity index (χ3n) is 7.90. The van der Waals surface area contributed by atoms with Gasteiger partial charge in [0.2, 0.25) is 35.4 Å². The summed E-state index contributed by atoms with van der Waals surface area (Å²) >= 11 is 0. The molecule has 9 N–H and O–H groups in total. The van der Waals surface area contributed by atoms with Crippen molar-refractivity contribution < 1.29 is 38.3 Å². The second-order valence-corrected chi connectivity index (χ2v) is 14.5. The van der Waals surface area contributed by atoms with Crippen molar-refractivity contribution in [3.8, 4) is 0 Å². The normalized spacial score (nSPS) is 14.2. The average molecular weight is 741 g/mol. The van der Waals surface area contributed by atoms with Gasteiger partial charge in [0.15, 0.2) is 0 Å². The molecular weight excluding hydrogens is 688 g/mol. The molecule has 53 heavy (non-hydrogen) atoms. The minimum absolute atomic E-state index is 0.0733. The lowest BCUT2D eigenvalue weighted by Crippen LogP contribution is -2.59. The van der Waals surface area contributed by atoms with E-state index in [1.165, 1.54) is 0 Å². The van der Waals surface area contributed by atoms with Crippen molar-refractivity contribution in [2.24, 2.45) is 28.4 Å². The summed E-state index contributed by atoms with van der Waals surface area (Å²) in [4.78, 5) is 96.7. The Morgan fingerprint density at radius 2 is 1.49 bits per heavy atom. The van der Waals surface area contributed by atoms with E-state index in [1.54, 1.807) is 54.7 Å². The van der Waals surface area contributed by atoms with Gasteiger partial charge in [0.05, 0.1) is 18.5 Å². The van der Waals surface area contributed by atoms with Crippen molar-refractivity contribution in [1.29, 1.82) is 0 Å². The number of para-hydroxylation sites is 1. The molecule has 0 spiro atoms. The molecule has 5 atom stereocenters. The second-order valence-electron chi connectivity index (χ2n) is 14.5. The number of azide groups is 1. The summed E-state index contributed by atoms with van der Waals surface area (Å²) in [7, 11) is 0. The predicted octanol–water partition coefficient (Wildman–Crippen LogP) is 1.51. The Labute approximate surface area is 307 Å². The average Bonchev–Trinajstić information content (AvgIpc) is 3.45. The number of primary amides is 1. The van der Waals surface area contributed by atoms with Gasteiger partial charge in [-0.15, -0.1) is 0 Å². The van der Waals surface area contributed by atoms with Gasteiger partial charge in [-0.25, -0.2) is 0 Å². The summed E-state index contributed by atoms with van der Waals surface area (Å²) < 4.78 is 5.38. The van der Waals surface area contributed by atoms with Crippen LogP contribution in [0.2, 0.25) is 0 Å². The number of H-pyrrole nitrogens is 1. The number of hydrogen-bond donors (Lipinski definition) is 7. The van der Waals surface area contributed by atoms with E-state index in [2.05, 4.69) is 36.3 Å². The minimum atomic E-state index is -1.57. The lowest BCUT2D eigenvalue weighted by Gasteiger charge is -2.28. The summed E-state index contributed by atoms with van der Waals surface area (Å²) in [6, 6.07) is 0.817. The summed E-state index contributed by atoms with van der Waals surface area (Å²) in [5, 5.41) is 14.0. The molecule has 18 nitrogen and oxygen atoms in total. The van der Waals surface area contributed by atoms with Crippen molar-refractivity contribution in [3.63, 3.8) is 0 Å². The number of hydrogen-bond acceptors (Lipinski definition) is 9. The summed E-state index contributed by atoms with van der Waals surface area (Å²) in [6.45, 7) is 11.7. The van der Waals surface area contributed by atoms with Gasteiger partial charge in [0.1, 0.15) is 23.7 Å². The smallest absolute Gasteiger partial charge is 0.308 e. The number of esters is 1. The summed E-state index contributed by atoms with van der Waals surface area (Å²) in [6.07, 6.45) is 0.663. The number of ether oxygens (including phenoxy) is 1. The highest BCUT2D eigenvalue weighted by atomic mass is 16.6. The molecule has 1 aromatic carbocycles. The van der Waals surface area contributed by atoms with Gasteiger partial charge in [-0.2, -0.15) is 0 Å². The van der Waals surface area contributed by atoms with Crippen LogP contribution in [0.5, 0.6) is 0 Å². The molecule has 290 valence electrons. The Bertz CT molecular complexity index is 1690.